The molecule has 0 radical (unpaired) electrons. The first-order valence-corrected chi connectivity index (χ1v) is 10.1. The van der Waals surface area contributed by atoms with E-state index in [0.717, 1.165) is 36.2 Å². The highest BCUT2D eigenvalue weighted by atomic mass is 16.5. The quantitative estimate of drug-likeness (QED) is 0.445. The van der Waals surface area contributed by atoms with E-state index < -0.39 is 0 Å². The van der Waals surface area contributed by atoms with E-state index >= 15 is 0 Å². The molecule has 1 aromatic heterocycles. The van der Waals surface area contributed by atoms with Crippen molar-refractivity contribution in [1.82, 2.24) is 15.5 Å². The largest absolute Gasteiger partial charge is 0.490 e. The van der Waals surface area contributed by atoms with Gasteiger partial charge in [-0.15, -0.1) is 0 Å². The highest BCUT2D eigenvalue weighted by Crippen LogP contribution is 2.28. The van der Waals surface area contributed by atoms with Gasteiger partial charge in [0.2, 0.25) is 0 Å². The average Bonchev–Trinajstić information content (AvgIpc) is 3.23. The van der Waals surface area contributed by atoms with Crippen LogP contribution < -0.4 is 20.1 Å². The molecule has 7 nitrogen and oxygen atoms in total. The third-order valence-corrected chi connectivity index (χ3v) is 4.50. The molecule has 2 N–H and O–H groups in total. The number of hydrogen-bond acceptors (Lipinski definition) is 5. The Hall–Kier alpha value is -2.67. The molecule has 0 aliphatic carbocycles. The molecular weight excluding hydrogens is 368 g/mol. The van der Waals surface area contributed by atoms with Gasteiger partial charge in [-0.05, 0) is 64.2 Å². The van der Waals surface area contributed by atoms with Crippen molar-refractivity contribution in [3.05, 3.63) is 47.9 Å². The Morgan fingerprint density at radius 2 is 1.86 bits per heavy atom. The summed E-state index contributed by atoms with van der Waals surface area (Å²) in [5, 5.41) is 6.74. The Bertz CT molecular complexity index is 745. The van der Waals surface area contributed by atoms with Gasteiger partial charge >= 0.3 is 0 Å². The van der Waals surface area contributed by atoms with Crippen LogP contribution in [0.4, 0.5) is 0 Å². The molecule has 1 aromatic carbocycles. The number of furan rings is 1. The van der Waals surface area contributed by atoms with Crippen molar-refractivity contribution in [2.45, 2.75) is 26.3 Å². The lowest BCUT2D eigenvalue weighted by atomic mass is 10.1. The maximum atomic E-state index is 5.71. The van der Waals surface area contributed by atoms with Gasteiger partial charge in [0.25, 0.3) is 0 Å². The van der Waals surface area contributed by atoms with Crippen LogP contribution in [0, 0.1) is 0 Å². The molecule has 0 spiro atoms. The first kappa shape index (κ1) is 22.6. The van der Waals surface area contributed by atoms with Crippen molar-refractivity contribution in [1.29, 1.82) is 0 Å². The van der Waals surface area contributed by atoms with Crippen molar-refractivity contribution >= 4 is 5.96 Å². The molecule has 0 aliphatic heterocycles. The Kier molecular flexibility index (Phi) is 9.37. The van der Waals surface area contributed by atoms with E-state index in [-0.39, 0.29) is 6.04 Å². The van der Waals surface area contributed by atoms with Crippen molar-refractivity contribution in [2.75, 3.05) is 47.4 Å². The summed E-state index contributed by atoms with van der Waals surface area (Å²) >= 11 is 0. The number of hydrogen-bond donors (Lipinski definition) is 2. The number of rotatable bonds is 11. The highest BCUT2D eigenvalue weighted by molar-refractivity contribution is 5.79. The molecule has 0 saturated heterocycles. The van der Waals surface area contributed by atoms with E-state index in [0.29, 0.717) is 19.8 Å². The van der Waals surface area contributed by atoms with Gasteiger partial charge in [-0.2, -0.15) is 0 Å². The molecule has 1 heterocycles. The van der Waals surface area contributed by atoms with Gasteiger partial charge in [0.15, 0.2) is 17.5 Å². The van der Waals surface area contributed by atoms with Gasteiger partial charge in [0.05, 0.1) is 25.5 Å². The topological polar surface area (TPSA) is 71.3 Å². The second-order valence-corrected chi connectivity index (χ2v) is 6.77. The predicted octanol–water partition coefficient (Wildman–Crippen LogP) is 3.09. The van der Waals surface area contributed by atoms with Crippen LogP contribution in [0.3, 0.4) is 0 Å². The van der Waals surface area contributed by atoms with Crippen molar-refractivity contribution in [3.63, 3.8) is 0 Å². The van der Waals surface area contributed by atoms with Crippen LogP contribution in [0.25, 0.3) is 0 Å². The van der Waals surface area contributed by atoms with E-state index in [2.05, 4.69) is 26.6 Å². The number of nitrogens with zero attached hydrogens (tertiary/aromatic N) is 2. The molecule has 2 rings (SSSR count). The minimum Gasteiger partial charge on any atom is -0.490 e. The maximum absolute atomic E-state index is 5.71. The van der Waals surface area contributed by atoms with Gasteiger partial charge in [0, 0.05) is 20.1 Å². The molecule has 0 fully saturated rings. The maximum Gasteiger partial charge on any atom is 0.191 e. The lowest BCUT2D eigenvalue weighted by molar-refractivity contribution is 0.258. The van der Waals surface area contributed by atoms with Crippen LogP contribution in [-0.2, 0) is 6.42 Å². The molecule has 0 bridgehead atoms. The van der Waals surface area contributed by atoms with Crippen LogP contribution >= 0.6 is 0 Å². The van der Waals surface area contributed by atoms with Crippen LogP contribution in [-0.4, -0.2) is 58.3 Å². The van der Waals surface area contributed by atoms with Crippen molar-refractivity contribution < 1.29 is 13.9 Å². The number of ether oxygens (including phenoxy) is 2. The first-order valence-electron chi connectivity index (χ1n) is 10.1. The summed E-state index contributed by atoms with van der Waals surface area (Å²) in [7, 11) is 5.84. The molecule has 29 heavy (non-hydrogen) atoms. The summed E-state index contributed by atoms with van der Waals surface area (Å²) in [6, 6.07) is 10.1. The first-order chi connectivity index (χ1) is 14.1. The minimum absolute atomic E-state index is 0.128. The van der Waals surface area contributed by atoms with Crippen molar-refractivity contribution in [3.8, 4) is 11.5 Å². The van der Waals surface area contributed by atoms with Crippen LogP contribution in [0.2, 0.25) is 0 Å². The van der Waals surface area contributed by atoms with Gasteiger partial charge in [0.1, 0.15) is 5.76 Å². The second kappa shape index (κ2) is 12.0. The summed E-state index contributed by atoms with van der Waals surface area (Å²) in [5.74, 6) is 3.27. The number of likely N-dealkylation sites (N-methyl/N-ethyl adjacent to an activating group) is 1. The molecular formula is C22H34N4O3. The SMILES string of the molecule is CCOc1ccc(CCNC(=NC)NCC(c2ccco2)N(C)C)cc1OCC. The summed E-state index contributed by atoms with van der Waals surface area (Å²) < 4.78 is 16.9. The van der Waals surface area contributed by atoms with E-state index in [1.807, 2.05) is 52.2 Å². The van der Waals surface area contributed by atoms with Crippen molar-refractivity contribution in [2.24, 2.45) is 4.99 Å². The van der Waals surface area contributed by atoms with Gasteiger partial charge in [-0.25, -0.2) is 0 Å². The van der Waals surface area contributed by atoms with E-state index in [1.165, 1.54) is 5.56 Å². The normalized spacial score (nSPS) is 12.7. The zero-order chi connectivity index (χ0) is 21.1. The lowest BCUT2D eigenvalue weighted by Crippen LogP contribution is -2.42. The average molecular weight is 403 g/mol. The molecule has 0 aliphatic rings. The van der Waals surface area contributed by atoms with E-state index in [9.17, 15) is 0 Å². The van der Waals surface area contributed by atoms with E-state index in [1.54, 1.807) is 13.3 Å². The Morgan fingerprint density at radius 1 is 1.10 bits per heavy atom. The van der Waals surface area contributed by atoms with Gasteiger partial charge in [-0.1, -0.05) is 6.07 Å². The molecule has 160 valence electrons. The third-order valence-electron chi connectivity index (χ3n) is 4.50. The van der Waals surface area contributed by atoms with Crippen LogP contribution in [0.1, 0.15) is 31.2 Å². The fourth-order valence-corrected chi connectivity index (χ4v) is 3.01. The molecule has 0 amide bonds. The van der Waals surface area contributed by atoms with Gasteiger partial charge in [-0.3, -0.25) is 9.89 Å². The lowest BCUT2D eigenvalue weighted by Gasteiger charge is -2.23. The molecule has 1 atom stereocenters. The molecule has 1 unspecified atom stereocenters. The Balaban J connectivity index is 1.87. The molecule has 7 heteroatoms. The number of aliphatic imine (C=N–C) groups is 1. The molecule has 2 aromatic rings. The summed E-state index contributed by atoms with van der Waals surface area (Å²) in [5.41, 5.74) is 1.18. The second-order valence-electron chi connectivity index (χ2n) is 6.77. The minimum atomic E-state index is 0.128. The zero-order valence-corrected chi connectivity index (χ0v) is 18.2. The standard InChI is InChI=1S/C22H34N4O3/c1-6-27-20-11-10-17(15-21(20)28-7-2)12-13-24-22(23-3)25-16-18(26(4)5)19-9-8-14-29-19/h8-11,14-15,18H,6-7,12-13,16H2,1-5H3,(H2,23,24,25). The Labute approximate surface area is 174 Å². The number of nitrogens with one attached hydrogen (secondary N) is 2. The summed E-state index contributed by atoms with van der Waals surface area (Å²) in [4.78, 5) is 6.44. The third kappa shape index (κ3) is 7.02. The van der Waals surface area contributed by atoms with Gasteiger partial charge < -0.3 is 24.5 Å². The number of guanidine groups is 1. The summed E-state index contributed by atoms with van der Waals surface area (Å²) in [6.45, 7) is 6.63. The smallest absolute Gasteiger partial charge is 0.191 e. The fraction of sp³-hybridized carbons (Fsp3) is 0.500. The zero-order valence-electron chi connectivity index (χ0n) is 18.2. The Morgan fingerprint density at radius 3 is 2.48 bits per heavy atom. The molecule has 0 saturated carbocycles. The van der Waals surface area contributed by atoms with Crippen LogP contribution in [0.5, 0.6) is 11.5 Å². The van der Waals surface area contributed by atoms with Crippen LogP contribution in [0.15, 0.2) is 46.0 Å². The highest BCUT2D eigenvalue weighted by Gasteiger charge is 2.17. The fourth-order valence-electron chi connectivity index (χ4n) is 3.01. The predicted molar refractivity (Wildman–Crippen MR) is 117 cm³/mol. The summed E-state index contributed by atoms with van der Waals surface area (Å²) in [6.07, 6.45) is 2.55. The van der Waals surface area contributed by atoms with E-state index in [4.69, 9.17) is 13.9 Å². The monoisotopic (exact) mass is 402 g/mol. The number of benzene rings is 1.